The van der Waals surface area contributed by atoms with E-state index in [0.29, 0.717) is 0 Å². The van der Waals surface area contributed by atoms with Gasteiger partial charge in [-0.1, -0.05) is 33.6 Å². The van der Waals surface area contributed by atoms with Gasteiger partial charge in [0.25, 0.3) is 0 Å². The number of carbonyl (C=O) groups is 3. The van der Waals surface area contributed by atoms with E-state index in [4.69, 9.17) is 5.11 Å². The van der Waals surface area contributed by atoms with Gasteiger partial charge in [-0.3, -0.25) is 14.4 Å². The Bertz CT molecular complexity index is 325. The third kappa shape index (κ3) is 6.94. The minimum Gasteiger partial charge on any atom is -0.481 e. The lowest BCUT2D eigenvalue weighted by molar-refractivity contribution is -0.140. The highest BCUT2D eigenvalue weighted by atomic mass is 16.4. The van der Waals surface area contributed by atoms with Crippen LogP contribution >= 0.6 is 0 Å². The van der Waals surface area contributed by atoms with Gasteiger partial charge < -0.3 is 10.4 Å². The van der Waals surface area contributed by atoms with Crippen molar-refractivity contribution >= 4 is 17.7 Å². The first kappa shape index (κ1) is 17.6. The van der Waals surface area contributed by atoms with Gasteiger partial charge in [-0.05, 0) is 19.3 Å². The number of Topliss-reactive ketones (excluding diaryl/α,β-unsaturated/α-hetero) is 1. The third-order valence-corrected chi connectivity index (χ3v) is 3.20. The average molecular weight is 271 g/mol. The minimum atomic E-state index is -1.09. The molecule has 0 aliphatic heterocycles. The Kier molecular flexibility index (Phi) is 8.03. The van der Waals surface area contributed by atoms with Crippen LogP contribution in [-0.2, 0) is 14.4 Å². The van der Waals surface area contributed by atoms with Crippen molar-refractivity contribution in [2.24, 2.45) is 11.8 Å². The molecule has 0 aliphatic carbocycles. The van der Waals surface area contributed by atoms with E-state index in [1.165, 1.54) is 6.92 Å². The van der Waals surface area contributed by atoms with E-state index in [1.54, 1.807) is 0 Å². The normalized spacial score (nSPS) is 13.9. The van der Waals surface area contributed by atoms with Gasteiger partial charge in [0.2, 0.25) is 5.91 Å². The van der Waals surface area contributed by atoms with Gasteiger partial charge in [0.15, 0.2) is 5.78 Å². The molecule has 0 saturated carbocycles. The molecule has 2 atom stereocenters. The molecule has 0 aliphatic rings. The van der Waals surface area contributed by atoms with Gasteiger partial charge >= 0.3 is 5.97 Å². The number of nitrogens with one attached hydrogen (secondary N) is 1. The zero-order valence-electron chi connectivity index (χ0n) is 12.2. The van der Waals surface area contributed by atoms with Crippen LogP contribution < -0.4 is 5.32 Å². The molecule has 0 saturated heterocycles. The van der Waals surface area contributed by atoms with E-state index in [2.05, 4.69) is 12.2 Å². The van der Waals surface area contributed by atoms with Gasteiger partial charge in [0.1, 0.15) is 0 Å². The second-order valence-corrected chi connectivity index (χ2v) is 5.26. The largest absolute Gasteiger partial charge is 0.481 e. The molecule has 2 N–H and O–H groups in total. The van der Waals surface area contributed by atoms with Crippen molar-refractivity contribution in [1.29, 1.82) is 0 Å². The summed E-state index contributed by atoms with van der Waals surface area (Å²) in [5, 5.41) is 11.3. The van der Waals surface area contributed by atoms with E-state index in [1.807, 2.05) is 13.8 Å². The molecule has 110 valence electrons. The molecule has 0 aromatic carbocycles. The predicted octanol–water partition coefficient (Wildman–Crippen LogP) is 2.00. The molecule has 0 aromatic rings. The SMILES string of the molecule is CCCC[C@@H](C(=O)NC(CC(=O)O)C(C)=O)C(C)C. The lowest BCUT2D eigenvalue weighted by Crippen LogP contribution is -2.45. The van der Waals surface area contributed by atoms with Gasteiger partial charge in [-0.2, -0.15) is 0 Å². The summed E-state index contributed by atoms with van der Waals surface area (Å²) in [4.78, 5) is 34.1. The van der Waals surface area contributed by atoms with Gasteiger partial charge in [0.05, 0.1) is 12.5 Å². The highest BCUT2D eigenvalue weighted by Gasteiger charge is 2.26. The molecule has 0 rings (SSSR count). The number of carboxylic acids is 1. The van der Waals surface area contributed by atoms with Crippen molar-refractivity contribution in [3.63, 3.8) is 0 Å². The fourth-order valence-corrected chi connectivity index (χ4v) is 1.94. The summed E-state index contributed by atoms with van der Waals surface area (Å²) in [5.41, 5.74) is 0. The summed E-state index contributed by atoms with van der Waals surface area (Å²) < 4.78 is 0. The molecule has 1 amide bonds. The van der Waals surface area contributed by atoms with Crippen molar-refractivity contribution < 1.29 is 19.5 Å². The number of hydrogen-bond donors (Lipinski definition) is 2. The third-order valence-electron chi connectivity index (χ3n) is 3.20. The van der Waals surface area contributed by atoms with Gasteiger partial charge in [-0.15, -0.1) is 0 Å². The number of rotatable bonds is 9. The van der Waals surface area contributed by atoms with E-state index >= 15 is 0 Å². The number of hydrogen-bond acceptors (Lipinski definition) is 3. The summed E-state index contributed by atoms with van der Waals surface area (Å²) in [5.74, 6) is -1.63. The number of carbonyl (C=O) groups excluding carboxylic acids is 2. The lowest BCUT2D eigenvalue weighted by Gasteiger charge is -2.23. The molecule has 0 heterocycles. The van der Waals surface area contributed by atoms with Crippen LogP contribution in [0.25, 0.3) is 0 Å². The number of carboxylic acid groups (broad SMARTS) is 1. The maximum atomic E-state index is 12.1. The first-order chi connectivity index (χ1) is 8.79. The highest BCUT2D eigenvalue weighted by molar-refractivity contribution is 5.91. The minimum absolute atomic E-state index is 0.170. The molecule has 19 heavy (non-hydrogen) atoms. The molecule has 5 nitrogen and oxygen atoms in total. The predicted molar refractivity (Wildman–Crippen MR) is 72.7 cm³/mol. The highest BCUT2D eigenvalue weighted by Crippen LogP contribution is 2.18. The summed E-state index contributed by atoms with van der Waals surface area (Å²) in [6.45, 7) is 7.27. The Labute approximate surface area is 114 Å². The fraction of sp³-hybridized carbons (Fsp3) is 0.786. The molecule has 0 spiro atoms. The first-order valence-corrected chi connectivity index (χ1v) is 6.82. The van der Waals surface area contributed by atoms with Crippen LogP contribution in [0.1, 0.15) is 53.4 Å². The van der Waals surface area contributed by atoms with Crippen LogP contribution in [0, 0.1) is 11.8 Å². The van der Waals surface area contributed by atoms with Crippen LogP contribution in [0.2, 0.25) is 0 Å². The lowest BCUT2D eigenvalue weighted by atomic mass is 9.89. The molecule has 0 radical (unpaired) electrons. The maximum Gasteiger partial charge on any atom is 0.305 e. The Morgan fingerprint density at radius 2 is 1.79 bits per heavy atom. The second kappa shape index (κ2) is 8.67. The zero-order chi connectivity index (χ0) is 15.0. The Hall–Kier alpha value is -1.39. The van der Waals surface area contributed by atoms with Crippen LogP contribution in [0.15, 0.2) is 0 Å². The molecule has 5 heteroatoms. The summed E-state index contributed by atoms with van der Waals surface area (Å²) in [7, 11) is 0. The van der Waals surface area contributed by atoms with E-state index in [-0.39, 0.29) is 29.9 Å². The summed E-state index contributed by atoms with van der Waals surface area (Å²) in [6.07, 6.45) is 2.35. The number of aliphatic carboxylic acids is 1. The Balaban J connectivity index is 4.65. The number of unbranched alkanes of at least 4 members (excludes halogenated alkanes) is 1. The molecule has 1 unspecified atom stereocenters. The summed E-state index contributed by atoms with van der Waals surface area (Å²) >= 11 is 0. The van der Waals surface area contributed by atoms with Gasteiger partial charge in [-0.25, -0.2) is 0 Å². The topological polar surface area (TPSA) is 83.5 Å². The fourth-order valence-electron chi connectivity index (χ4n) is 1.94. The average Bonchev–Trinajstić information content (AvgIpc) is 2.27. The maximum absolute atomic E-state index is 12.1. The molecule has 0 aromatic heterocycles. The van der Waals surface area contributed by atoms with E-state index in [9.17, 15) is 14.4 Å². The standard InChI is InChI=1S/C14H25NO4/c1-5-6-7-11(9(2)3)14(19)15-12(10(4)16)8-13(17)18/h9,11-12H,5-8H2,1-4H3,(H,15,19)(H,17,18)/t11-,12?/m1/s1. The quantitative estimate of drug-likeness (QED) is 0.672. The van der Waals surface area contributed by atoms with Crippen molar-refractivity contribution in [2.45, 2.75) is 59.4 Å². The van der Waals surface area contributed by atoms with Crippen LogP contribution in [0.4, 0.5) is 0 Å². The van der Waals surface area contributed by atoms with E-state index < -0.39 is 12.0 Å². The second-order valence-electron chi connectivity index (χ2n) is 5.26. The molecule has 0 fully saturated rings. The smallest absolute Gasteiger partial charge is 0.305 e. The van der Waals surface area contributed by atoms with Crippen molar-refractivity contribution in [3.8, 4) is 0 Å². The van der Waals surface area contributed by atoms with Crippen LogP contribution in [0.3, 0.4) is 0 Å². The first-order valence-electron chi connectivity index (χ1n) is 6.82. The van der Waals surface area contributed by atoms with Crippen LogP contribution in [-0.4, -0.2) is 28.8 Å². The van der Waals surface area contributed by atoms with Crippen molar-refractivity contribution in [1.82, 2.24) is 5.32 Å². The Morgan fingerprint density at radius 1 is 1.21 bits per heavy atom. The van der Waals surface area contributed by atoms with Gasteiger partial charge in [0, 0.05) is 5.92 Å². The molecular formula is C14H25NO4. The van der Waals surface area contributed by atoms with Crippen molar-refractivity contribution in [3.05, 3.63) is 0 Å². The van der Waals surface area contributed by atoms with Crippen LogP contribution in [0.5, 0.6) is 0 Å². The monoisotopic (exact) mass is 271 g/mol. The number of ketones is 1. The Morgan fingerprint density at radius 3 is 2.16 bits per heavy atom. The zero-order valence-corrected chi connectivity index (χ0v) is 12.2. The summed E-state index contributed by atoms with van der Waals surface area (Å²) in [6, 6.07) is -0.923. The number of amides is 1. The molecular weight excluding hydrogens is 246 g/mol. The molecule has 0 bridgehead atoms. The van der Waals surface area contributed by atoms with E-state index in [0.717, 1.165) is 19.3 Å². The van der Waals surface area contributed by atoms with Crippen molar-refractivity contribution in [2.75, 3.05) is 0 Å².